The van der Waals surface area contributed by atoms with Crippen molar-refractivity contribution in [1.29, 1.82) is 5.41 Å². The summed E-state index contributed by atoms with van der Waals surface area (Å²) >= 11 is 7.25. The van der Waals surface area contributed by atoms with Gasteiger partial charge in [0.1, 0.15) is 6.61 Å². The second kappa shape index (κ2) is 7.63. The summed E-state index contributed by atoms with van der Waals surface area (Å²) in [6, 6.07) is 12.9. The molecule has 0 saturated carbocycles. The van der Waals surface area contributed by atoms with Crippen LogP contribution in [0.1, 0.15) is 11.1 Å². The van der Waals surface area contributed by atoms with Crippen LogP contribution in [0.4, 0.5) is 0 Å². The van der Waals surface area contributed by atoms with E-state index in [0.717, 1.165) is 17.3 Å². The van der Waals surface area contributed by atoms with E-state index in [0.29, 0.717) is 27.0 Å². The van der Waals surface area contributed by atoms with Gasteiger partial charge in [0, 0.05) is 16.1 Å². The van der Waals surface area contributed by atoms with Crippen molar-refractivity contribution in [3.63, 3.8) is 0 Å². The van der Waals surface area contributed by atoms with E-state index in [1.165, 1.54) is 0 Å². The Morgan fingerprint density at radius 3 is 2.72 bits per heavy atom. The molecular weight excluding hydrogens is 360 g/mol. The summed E-state index contributed by atoms with van der Waals surface area (Å²) in [6.45, 7) is 0.269. The molecule has 2 N–H and O–H groups in total. The lowest BCUT2D eigenvalue weighted by Crippen LogP contribution is -2.18. The Morgan fingerprint density at radius 2 is 2.04 bits per heavy atom. The van der Waals surface area contributed by atoms with Gasteiger partial charge in [-0.1, -0.05) is 41.9 Å². The maximum Gasteiger partial charge on any atom is 0.264 e. The van der Waals surface area contributed by atoms with Crippen molar-refractivity contribution in [3.8, 4) is 11.5 Å². The standard InChI is InChI=1S/C18H15ClN2O3S/c1-23-14-8-4-6-11(9-15-17(22)21-18(20)25-15)16(14)24-10-12-5-2-3-7-13(12)19/h2-9H,10H2,1H3,(H2,20,21,22). The smallest absolute Gasteiger partial charge is 0.264 e. The minimum absolute atomic E-state index is 0.109. The zero-order chi connectivity index (χ0) is 17.8. The molecule has 1 aliphatic rings. The topological polar surface area (TPSA) is 71.4 Å². The predicted octanol–water partition coefficient (Wildman–Crippen LogP) is 4.07. The van der Waals surface area contributed by atoms with Crippen LogP contribution in [-0.4, -0.2) is 18.2 Å². The van der Waals surface area contributed by atoms with Crippen LogP contribution in [0.2, 0.25) is 5.02 Å². The van der Waals surface area contributed by atoms with Crippen LogP contribution in [0.25, 0.3) is 6.08 Å². The quantitative estimate of drug-likeness (QED) is 0.774. The Balaban J connectivity index is 1.92. The maximum absolute atomic E-state index is 11.8. The largest absolute Gasteiger partial charge is 0.493 e. The minimum atomic E-state index is -0.296. The van der Waals surface area contributed by atoms with E-state index < -0.39 is 0 Å². The Kier molecular flexibility index (Phi) is 5.31. The fraction of sp³-hybridized carbons (Fsp3) is 0.111. The van der Waals surface area contributed by atoms with E-state index in [9.17, 15) is 4.79 Å². The molecule has 0 radical (unpaired) electrons. The lowest BCUT2D eigenvalue weighted by atomic mass is 10.1. The number of benzene rings is 2. The van der Waals surface area contributed by atoms with E-state index >= 15 is 0 Å². The molecule has 1 fully saturated rings. The zero-order valence-electron chi connectivity index (χ0n) is 13.3. The maximum atomic E-state index is 11.8. The fourth-order valence-electron chi connectivity index (χ4n) is 2.31. The molecule has 1 aliphatic heterocycles. The molecule has 25 heavy (non-hydrogen) atoms. The number of rotatable bonds is 5. The molecule has 3 rings (SSSR count). The van der Waals surface area contributed by atoms with Gasteiger partial charge in [-0.3, -0.25) is 10.2 Å². The second-order valence-corrected chi connectivity index (χ2v) is 6.61. The summed E-state index contributed by atoms with van der Waals surface area (Å²) in [5, 5.41) is 10.7. The Hall–Kier alpha value is -2.44. The molecule has 1 amide bonds. The van der Waals surface area contributed by atoms with Crippen LogP contribution >= 0.6 is 23.4 Å². The summed E-state index contributed by atoms with van der Waals surface area (Å²) in [5.74, 6) is 0.777. The van der Waals surface area contributed by atoms with Crippen LogP contribution in [0, 0.1) is 5.41 Å². The van der Waals surface area contributed by atoms with Crippen molar-refractivity contribution in [2.45, 2.75) is 6.61 Å². The average molecular weight is 375 g/mol. The molecule has 0 atom stereocenters. The van der Waals surface area contributed by atoms with E-state index in [-0.39, 0.29) is 17.7 Å². The number of carbonyl (C=O) groups is 1. The van der Waals surface area contributed by atoms with Gasteiger partial charge >= 0.3 is 0 Å². The van der Waals surface area contributed by atoms with Crippen molar-refractivity contribution < 1.29 is 14.3 Å². The highest BCUT2D eigenvalue weighted by molar-refractivity contribution is 8.18. The van der Waals surface area contributed by atoms with E-state index in [2.05, 4.69) is 5.32 Å². The SMILES string of the molecule is COc1cccc(C=C2SC(=N)NC2=O)c1OCc1ccccc1Cl. The van der Waals surface area contributed by atoms with Crippen LogP contribution in [0.15, 0.2) is 47.4 Å². The van der Waals surface area contributed by atoms with Gasteiger partial charge in [-0.05, 0) is 30.0 Å². The number of ether oxygens (including phenoxy) is 2. The van der Waals surface area contributed by atoms with Gasteiger partial charge < -0.3 is 14.8 Å². The molecule has 7 heteroatoms. The molecule has 0 spiro atoms. The van der Waals surface area contributed by atoms with Gasteiger partial charge in [0.15, 0.2) is 16.7 Å². The van der Waals surface area contributed by atoms with E-state index in [1.54, 1.807) is 25.3 Å². The highest BCUT2D eigenvalue weighted by atomic mass is 35.5. The van der Waals surface area contributed by atoms with E-state index in [4.69, 9.17) is 26.5 Å². The molecule has 0 unspecified atom stereocenters. The third-order valence-electron chi connectivity index (χ3n) is 3.51. The first kappa shape index (κ1) is 17.4. The molecule has 0 aliphatic carbocycles. The molecule has 128 valence electrons. The first-order chi connectivity index (χ1) is 12.1. The summed E-state index contributed by atoms with van der Waals surface area (Å²) in [7, 11) is 1.56. The number of thioether (sulfide) groups is 1. The number of methoxy groups -OCH3 is 1. The normalized spacial score (nSPS) is 15.4. The number of hydrogen-bond acceptors (Lipinski definition) is 5. The number of amidine groups is 1. The van der Waals surface area contributed by atoms with Crippen molar-refractivity contribution in [1.82, 2.24) is 5.32 Å². The van der Waals surface area contributed by atoms with Crippen molar-refractivity contribution in [2.75, 3.05) is 7.11 Å². The monoisotopic (exact) mass is 374 g/mol. The van der Waals surface area contributed by atoms with Gasteiger partial charge in [0.05, 0.1) is 12.0 Å². The van der Waals surface area contributed by atoms with Gasteiger partial charge in [0.2, 0.25) is 0 Å². The molecule has 0 aromatic heterocycles. The minimum Gasteiger partial charge on any atom is -0.493 e. The first-order valence-corrected chi connectivity index (χ1v) is 8.60. The van der Waals surface area contributed by atoms with Gasteiger partial charge in [-0.2, -0.15) is 0 Å². The number of nitrogens with one attached hydrogen (secondary N) is 2. The van der Waals surface area contributed by atoms with Gasteiger partial charge in [0.25, 0.3) is 5.91 Å². The third kappa shape index (κ3) is 3.97. The summed E-state index contributed by atoms with van der Waals surface area (Å²) in [4.78, 5) is 12.3. The predicted molar refractivity (Wildman–Crippen MR) is 100 cm³/mol. The molecule has 2 aromatic rings. The van der Waals surface area contributed by atoms with Crippen LogP contribution in [0.3, 0.4) is 0 Å². The van der Waals surface area contributed by atoms with Gasteiger partial charge in [-0.15, -0.1) is 0 Å². The Bertz CT molecular complexity index is 867. The van der Waals surface area contributed by atoms with Crippen LogP contribution in [-0.2, 0) is 11.4 Å². The summed E-state index contributed by atoms with van der Waals surface area (Å²) < 4.78 is 11.3. The summed E-state index contributed by atoms with van der Waals surface area (Å²) in [6.07, 6.45) is 1.69. The second-order valence-electron chi connectivity index (χ2n) is 5.15. The number of para-hydroxylation sites is 1. The van der Waals surface area contributed by atoms with Crippen molar-refractivity contribution >= 4 is 40.5 Å². The van der Waals surface area contributed by atoms with Crippen molar-refractivity contribution in [3.05, 3.63) is 63.5 Å². The molecule has 5 nitrogen and oxygen atoms in total. The van der Waals surface area contributed by atoms with Gasteiger partial charge in [-0.25, -0.2) is 0 Å². The molecule has 2 aromatic carbocycles. The first-order valence-electron chi connectivity index (χ1n) is 7.41. The number of carbonyl (C=O) groups excluding carboxylic acids is 1. The molecule has 1 heterocycles. The molecular formula is C18H15ClN2O3S. The van der Waals surface area contributed by atoms with Crippen molar-refractivity contribution in [2.24, 2.45) is 0 Å². The Morgan fingerprint density at radius 1 is 1.24 bits per heavy atom. The highest BCUT2D eigenvalue weighted by Crippen LogP contribution is 2.35. The lowest BCUT2D eigenvalue weighted by Gasteiger charge is -2.14. The number of amides is 1. The zero-order valence-corrected chi connectivity index (χ0v) is 14.9. The number of halogens is 1. The molecule has 0 bridgehead atoms. The van der Waals surface area contributed by atoms with Crippen LogP contribution in [0.5, 0.6) is 11.5 Å². The molecule has 1 saturated heterocycles. The lowest BCUT2D eigenvalue weighted by molar-refractivity contribution is -0.115. The average Bonchev–Trinajstić information content (AvgIpc) is 2.92. The fourth-order valence-corrected chi connectivity index (χ4v) is 3.19. The highest BCUT2D eigenvalue weighted by Gasteiger charge is 2.23. The Labute approximate surface area is 154 Å². The third-order valence-corrected chi connectivity index (χ3v) is 4.71. The number of hydrogen-bond donors (Lipinski definition) is 2. The summed E-state index contributed by atoms with van der Waals surface area (Å²) in [5.41, 5.74) is 1.54. The van der Waals surface area contributed by atoms with Crippen LogP contribution < -0.4 is 14.8 Å². The van der Waals surface area contributed by atoms with E-state index in [1.807, 2.05) is 30.3 Å².